The van der Waals surface area contributed by atoms with Crippen LogP contribution in [0.25, 0.3) is 5.57 Å². The lowest BCUT2D eigenvalue weighted by Crippen LogP contribution is -2.55. The number of aromatic nitrogens is 1. The molecule has 2 aliphatic rings. The smallest absolute Gasteiger partial charge is 0.131 e. The predicted molar refractivity (Wildman–Crippen MR) is 139 cm³/mol. The second kappa shape index (κ2) is 9.30. The first-order chi connectivity index (χ1) is 16.8. The lowest BCUT2D eigenvalue weighted by molar-refractivity contribution is -0.125. The molecular weight excluding hydrogens is 460 g/mol. The van der Waals surface area contributed by atoms with Gasteiger partial charge in [0.15, 0.2) is 0 Å². The van der Waals surface area contributed by atoms with Crippen molar-refractivity contribution < 1.29 is 14.9 Å². The minimum atomic E-state index is -0.897. The molecule has 5 rings (SSSR count). The summed E-state index contributed by atoms with van der Waals surface area (Å²) in [5.74, 6) is 0.962. The van der Waals surface area contributed by atoms with Gasteiger partial charge in [0.25, 0.3) is 0 Å². The molecule has 1 saturated heterocycles. The van der Waals surface area contributed by atoms with Gasteiger partial charge in [-0.1, -0.05) is 49.7 Å². The van der Waals surface area contributed by atoms with E-state index in [1.54, 1.807) is 18.3 Å². The highest BCUT2D eigenvalue weighted by Gasteiger charge is 2.48. The number of pyridine rings is 1. The fourth-order valence-corrected chi connectivity index (χ4v) is 5.56. The molecule has 0 unspecified atom stereocenters. The van der Waals surface area contributed by atoms with E-state index in [4.69, 9.17) is 16.3 Å². The molecule has 1 fully saturated rings. The number of phenolic OH excluding ortho intramolecular Hbond substituents is 1. The minimum absolute atomic E-state index is 0.213. The van der Waals surface area contributed by atoms with Crippen molar-refractivity contribution in [3.05, 3.63) is 94.3 Å². The first-order valence-corrected chi connectivity index (χ1v) is 12.5. The topological polar surface area (TPSA) is 65.8 Å². The van der Waals surface area contributed by atoms with Gasteiger partial charge in [0.05, 0.1) is 11.3 Å². The fraction of sp³-hybridized carbons (Fsp3) is 0.345. The highest BCUT2D eigenvalue weighted by Crippen LogP contribution is 2.46. The number of hydrogen-bond donors (Lipinski definition) is 2. The molecular formula is C29H31ClN2O3. The van der Waals surface area contributed by atoms with Crippen LogP contribution in [0.2, 0.25) is 5.02 Å². The van der Waals surface area contributed by atoms with Crippen LogP contribution in [-0.4, -0.2) is 39.7 Å². The molecule has 0 amide bonds. The number of nitrogens with zero attached hydrogens (tertiary/aromatic N) is 2. The predicted octanol–water partition coefficient (Wildman–Crippen LogP) is 5.77. The van der Waals surface area contributed by atoms with Crippen LogP contribution >= 0.6 is 11.6 Å². The zero-order valence-electron chi connectivity index (χ0n) is 20.2. The van der Waals surface area contributed by atoms with E-state index < -0.39 is 5.60 Å². The second-order valence-corrected chi connectivity index (χ2v) is 10.6. The van der Waals surface area contributed by atoms with Gasteiger partial charge in [-0.05, 0) is 60.4 Å². The average Bonchev–Trinajstić information content (AvgIpc) is 2.98. The van der Waals surface area contributed by atoms with Gasteiger partial charge >= 0.3 is 0 Å². The van der Waals surface area contributed by atoms with Crippen molar-refractivity contribution in [3.8, 4) is 11.5 Å². The molecule has 3 heterocycles. The number of aromatic hydroxyl groups is 1. The highest BCUT2D eigenvalue weighted by atomic mass is 35.5. The molecule has 3 aromatic rings. The highest BCUT2D eigenvalue weighted by molar-refractivity contribution is 6.30. The zero-order chi connectivity index (χ0) is 24.6. The van der Waals surface area contributed by atoms with Gasteiger partial charge in [-0.25, -0.2) is 0 Å². The molecule has 0 aliphatic carbocycles. The van der Waals surface area contributed by atoms with E-state index >= 15 is 0 Å². The minimum Gasteiger partial charge on any atom is -0.508 e. The Balaban J connectivity index is 1.36. The number of aliphatic hydroxyl groups is 1. The number of likely N-dealkylation sites (tertiary alicyclic amines) is 1. The van der Waals surface area contributed by atoms with Crippen molar-refractivity contribution in [2.45, 2.75) is 38.9 Å². The Kier molecular flexibility index (Phi) is 6.34. The van der Waals surface area contributed by atoms with Crippen LogP contribution in [0.4, 0.5) is 0 Å². The van der Waals surface area contributed by atoms with Crippen LogP contribution in [0.1, 0.15) is 49.1 Å². The van der Waals surface area contributed by atoms with Crippen LogP contribution in [0.15, 0.2) is 66.9 Å². The van der Waals surface area contributed by atoms with E-state index in [-0.39, 0.29) is 11.2 Å². The molecule has 0 bridgehead atoms. The van der Waals surface area contributed by atoms with E-state index in [1.165, 1.54) is 0 Å². The van der Waals surface area contributed by atoms with E-state index in [0.29, 0.717) is 18.1 Å². The van der Waals surface area contributed by atoms with Crippen LogP contribution in [0, 0.1) is 5.41 Å². The molecule has 1 atom stereocenters. The lowest BCUT2D eigenvalue weighted by atomic mass is 9.66. The molecule has 6 heteroatoms. The summed E-state index contributed by atoms with van der Waals surface area (Å²) in [5, 5.41) is 22.5. The maximum atomic E-state index is 11.7. The Morgan fingerprint density at radius 3 is 2.69 bits per heavy atom. The monoisotopic (exact) mass is 490 g/mol. The van der Waals surface area contributed by atoms with Gasteiger partial charge in [0.1, 0.15) is 18.1 Å². The molecule has 5 nitrogen and oxygen atoms in total. The van der Waals surface area contributed by atoms with Crippen molar-refractivity contribution in [1.82, 2.24) is 9.88 Å². The molecule has 0 saturated carbocycles. The van der Waals surface area contributed by atoms with E-state index in [9.17, 15) is 10.2 Å². The number of ether oxygens (including phenoxy) is 1. The summed E-state index contributed by atoms with van der Waals surface area (Å²) in [6.45, 7) is 7.13. The number of benzene rings is 2. The summed E-state index contributed by atoms with van der Waals surface area (Å²) in [4.78, 5) is 6.95. The number of halogens is 1. The molecule has 0 spiro atoms. The molecule has 35 heavy (non-hydrogen) atoms. The van der Waals surface area contributed by atoms with Crippen LogP contribution < -0.4 is 4.74 Å². The Labute approximate surface area is 211 Å². The third-order valence-corrected chi connectivity index (χ3v) is 7.69. The van der Waals surface area contributed by atoms with Crippen LogP contribution in [-0.2, 0) is 12.2 Å². The van der Waals surface area contributed by atoms with Gasteiger partial charge in [-0.2, -0.15) is 0 Å². The van der Waals surface area contributed by atoms with Crippen molar-refractivity contribution in [3.63, 3.8) is 0 Å². The SMILES string of the molecule is CC1(C)CN(CC/C=C2/c3cc(O)ccc3OCc3ncccc32)CC[C@]1(O)c1ccc(Cl)cc1. The quantitative estimate of drug-likeness (QED) is 0.485. The van der Waals surface area contributed by atoms with Gasteiger partial charge in [-0.3, -0.25) is 4.98 Å². The van der Waals surface area contributed by atoms with Crippen molar-refractivity contribution in [2.24, 2.45) is 5.41 Å². The third-order valence-electron chi connectivity index (χ3n) is 7.44. The van der Waals surface area contributed by atoms with E-state index in [1.807, 2.05) is 36.4 Å². The molecule has 2 N–H and O–H groups in total. The first-order valence-electron chi connectivity index (χ1n) is 12.1. The normalized spacial score (nSPS) is 22.7. The number of fused-ring (bicyclic) bond motifs is 2. The van der Waals surface area contributed by atoms with Gasteiger partial charge in [0, 0.05) is 47.4 Å². The van der Waals surface area contributed by atoms with E-state index in [2.05, 4.69) is 35.9 Å². The van der Waals surface area contributed by atoms with E-state index in [0.717, 1.165) is 59.8 Å². The maximum absolute atomic E-state index is 11.7. The Hall–Kier alpha value is -2.86. The average molecular weight is 491 g/mol. The van der Waals surface area contributed by atoms with Crippen molar-refractivity contribution in [1.29, 1.82) is 0 Å². The number of phenols is 1. The Morgan fingerprint density at radius 1 is 1.11 bits per heavy atom. The molecule has 182 valence electrons. The van der Waals surface area contributed by atoms with Crippen LogP contribution in [0.5, 0.6) is 11.5 Å². The standard InChI is InChI=1S/C29H31ClN2O3/c1-28(2)19-32(16-13-29(28,34)20-7-9-21(30)10-8-20)15-4-6-23-24-5-3-14-31-26(24)18-35-27-12-11-22(33)17-25(23)27/h3,5-12,14,17,33-34H,4,13,15-16,18-19H2,1-2H3/b23-6+/t29-/m0/s1. The summed E-state index contributed by atoms with van der Waals surface area (Å²) in [6.07, 6.45) is 5.50. The third kappa shape index (κ3) is 4.56. The zero-order valence-corrected chi connectivity index (χ0v) is 20.9. The number of hydrogen-bond acceptors (Lipinski definition) is 5. The Morgan fingerprint density at radius 2 is 1.91 bits per heavy atom. The van der Waals surface area contributed by atoms with Gasteiger partial charge < -0.3 is 19.8 Å². The Bertz CT molecular complexity index is 1260. The van der Waals surface area contributed by atoms with Gasteiger partial charge in [0.2, 0.25) is 0 Å². The molecule has 2 aliphatic heterocycles. The number of piperidine rings is 1. The summed E-state index contributed by atoms with van der Waals surface area (Å²) in [5.41, 5.74) is 3.55. The molecule has 0 radical (unpaired) electrons. The summed E-state index contributed by atoms with van der Waals surface area (Å²) < 4.78 is 6.00. The number of rotatable bonds is 4. The molecule has 2 aromatic carbocycles. The maximum Gasteiger partial charge on any atom is 0.131 e. The summed E-state index contributed by atoms with van der Waals surface area (Å²) in [6, 6.07) is 16.8. The van der Waals surface area contributed by atoms with Crippen molar-refractivity contribution in [2.75, 3.05) is 19.6 Å². The van der Waals surface area contributed by atoms with Crippen LogP contribution in [0.3, 0.4) is 0 Å². The van der Waals surface area contributed by atoms with Gasteiger partial charge in [-0.15, -0.1) is 0 Å². The summed E-state index contributed by atoms with van der Waals surface area (Å²) >= 11 is 6.07. The lowest BCUT2D eigenvalue weighted by Gasteiger charge is -2.50. The summed E-state index contributed by atoms with van der Waals surface area (Å²) in [7, 11) is 0. The van der Waals surface area contributed by atoms with Crippen molar-refractivity contribution >= 4 is 17.2 Å². The molecule has 1 aromatic heterocycles. The second-order valence-electron chi connectivity index (χ2n) is 10.2. The largest absolute Gasteiger partial charge is 0.508 e. The fourth-order valence-electron chi connectivity index (χ4n) is 5.43. The first kappa shape index (κ1) is 23.9.